The van der Waals surface area contributed by atoms with Crippen LogP contribution in [0, 0.1) is 20.8 Å². The Morgan fingerprint density at radius 2 is 1.52 bits per heavy atom. The number of ether oxygens (including phenoxy) is 2. The van der Waals surface area contributed by atoms with Crippen LogP contribution >= 0.6 is 0 Å². The van der Waals surface area contributed by atoms with E-state index in [0.717, 1.165) is 22.6 Å². The molecule has 0 radical (unpaired) electrons. The molecule has 0 aliphatic carbocycles. The van der Waals surface area contributed by atoms with E-state index in [9.17, 15) is 0 Å². The Morgan fingerprint density at radius 1 is 0.905 bits per heavy atom. The maximum Gasteiger partial charge on any atom is 0.127 e. The van der Waals surface area contributed by atoms with Crippen molar-refractivity contribution in [2.45, 2.75) is 26.8 Å². The largest absolute Gasteiger partial charge is 0.497 e. The zero-order chi connectivity index (χ0) is 15.6. The molecule has 0 saturated heterocycles. The molecule has 2 N–H and O–H groups in total. The Kier molecular flexibility index (Phi) is 4.53. The van der Waals surface area contributed by atoms with Gasteiger partial charge in [0.05, 0.1) is 20.3 Å². The first-order valence-corrected chi connectivity index (χ1v) is 7.03. The van der Waals surface area contributed by atoms with E-state index in [2.05, 4.69) is 32.9 Å². The van der Waals surface area contributed by atoms with Gasteiger partial charge in [0.15, 0.2) is 0 Å². The predicted octanol–water partition coefficient (Wildman–Crippen LogP) is 3.68. The minimum atomic E-state index is -0.216. The Morgan fingerprint density at radius 3 is 2.05 bits per heavy atom. The van der Waals surface area contributed by atoms with Crippen molar-refractivity contribution in [3.05, 3.63) is 58.1 Å². The van der Waals surface area contributed by atoms with Crippen molar-refractivity contribution >= 4 is 0 Å². The average Bonchev–Trinajstić information content (AvgIpc) is 2.45. The second-order valence-corrected chi connectivity index (χ2v) is 5.40. The molecule has 0 spiro atoms. The first-order valence-electron chi connectivity index (χ1n) is 7.03. The van der Waals surface area contributed by atoms with E-state index in [1.165, 1.54) is 16.7 Å². The van der Waals surface area contributed by atoms with E-state index in [-0.39, 0.29) is 6.04 Å². The lowest BCUT2D eigenvalue weighted by molar-refractivity contribution is 0.390. The Balaban J connectivity index is 2.52. The number of hydrogen-bond donors (Lipinski definition) is 1. The van der Waals surface area contributed by atoms with Crippen molar-refractivity contribution in [2.75, 3.05) is 14.2 Å². The molecule has 0 aliphatic rings. The van der Waals surface area contributed by atoms with Gasteiger partial charge >= 0.3 is 0 Å². The summed E-state index contributed by atoms with van der Waals surface area (Å²) in [6.45, 7) is 6.31. The van der Waals surface area contributed by atoms with Crippen LogP contribution in [0.1, 0.15) is 33.9 Å². The van der Waals surface area contributed by atoms with E-state index >= 15 is 0 Å². The van der Waals surface area contributed by atoms with Gasteiger partial charge in [-0.05, 0) is 49.6 Å². The second-order valence-electron chi connectivity index (χ2n) is 5.40. The molecule has 0 aliphatic heterocycles. The van der Waals surface area contributed by atoms with Crippen LogP contribution in [-0.2, 0) is 0 Å². The van der Waals surface area contributed by atoms with Crippen molar-refractivity contribution in [1.29, 1.82) is 0 Å². The molecule has 0 amide bonds. The molecule has 2 aromatic rings. The summed E-state index contributed by atoms with van der Waals surface area (Å²) in [7, 11) is 3.29. The highest BCUT2D eigenvalue weighted by Gasteiger charge is 2.18. The van der Waals surface area contributed by atoms with E-state index < -0.39 is 0 Å². The first-order chi connectivity index (χ1) is 9.97. The molecule has 0 aromatic heterocycles. The number of nitrogens with two attached hydrogens (primary N) is 1. The van der Waals surface area contributed by atoms with Gasteiger partial charge in [0.2, 0.25) is 0 Å². The van der Waals surface area contributed by atoms with Crippen molar-refractivity contribution in [3.8, 4) is 11.5 Å². The molecule has 112 valence electrons. The third-order valence-electron chi connectivity index (χ3n) is 3.82. The Labute approximate surface area is 126 Å². The van der Waals surface area contributed by atoms with Gasteiger partial charge in [-0.3, -0.25) is 0 Å². The van der Waals surface area contributed by atoms with Crippen molar-refractivity contribution < 1.29 is 9.47 Å². The van der Waals surface area contributed by atoms with Gasteiger partial charge in [0.25, 0.3) is 0 Å². The number of rotatable bonds is 4. The van der Waals surface area contributed by atoms with Gasteiger partial charge in [-0.1, -0.05) is 17.7 Å². The molecule has 2 rings (SSSR count). The van der Waals surface area contributed by atoms with E-state index in [1.54, 1.807) is 14.2 Å². The van der Waals surface area contributed by atoms with Gasteiger partial charge in [0.1, 0.15) is 11.5 Å². The molecule has 1 atom stereocenters. The van der Waals surface area contributed by atoms with Gasteiger partial charge in [-0.25, -0.2) is 0 Å². The molecule has 0 heterocycles. The van der Waals surface area contributed by atoms with Crippen LogP contribution < -0.4 is 15.2 Å². The number of hydrogen-bond acceptors (Lipinski definition) is 3. The summed E-state index contributed by atoms with van der Waals surface area (Å²) >= 11 is 0. The van der Waals surface area contributed by atoms with E-state index in [4.69, 9.17) is 15.2 Å². The molecule has 0 bridgehead atoms. The van der Waals surface area contributed by atoms with Crippen molar-refractivity contribution in [1.82, 2.24) is 0 Å². The third-order valence-corrected chi connectivity index (χ3v) is 3.82. The minimum Gasteiger partial charge on any atom is -0.497 e. The number of methoxy groups -OCH3 is 2. The molecule has 2 aromatic carbocycles. The summed E-state index contributed by atoms with van der Waals surface area (Å²) in [6, 6.07) is 9.87. The SMILES string of the molecule is COc1ccc(C(N)c2c(C)cc(C)cc2C)c(OC)c1. The van der Waals surface area contributed by atoms with Gasteiger partial charge in [-0.15, -0.1) is 0 Å². The molecular weight excluding hydrogens is 262 g/mol. The van der Waals surface area contributed by atoms with Gasteiger partial charge in [-0.2, -0.15) is 0 Å². The van der Waals surface area contributed by atoms with Crippen molar-refractivity contribution in [3.63, 3.8) is 0 Å². The summed E-state index contributed by atoms with van der Waals surface area (Å²) in [6.07, 6.45) is 0. The molecule has 0 fully saturated rings. The smallest absolute Gasteiger partial charge is 0.127 e. The number of benzene rings is 2. The fourth-order valence-corrected chi connectivity index (χ4v) is 2.91. The summed E-state index contributed by atoms with van der Waals surface area (Å²) in [4.78, 5) is 0. The van der Waals surface area contributed by atoms with Crippen LogP contribution in [-0.4, -0.2) is 14.2 Å². The maximum absolute atomic E-state index is 6.52. The Bertz CT molecular complexity index is 627. The minimum absolute atomic E-state index is 0.216. The standard InChI is InChI=1S/C18H23NO2/c1-11-8-12(2)17(13(3)9-11)18(19)15-7-6-14(20-4)10-16(15)21-5/h6-10,18H,19H2,1-5H3. The van der Waals surface area contributed by atoms with Crippen LogP contribution in [0.2, 0.25) is 0 Å². The van der Waals surface area contributed by atoms with Crippen LogP contribution in [0.5, 0.6) is 11.5 Å². The first kappa shape index (κ1) is 15.4. The summed E-state index contributed by atoms with van der Waals surface area (Å²) < 4.78 is 10.7. The number of aryl methyl sites for hydroxylation is 3. The lowest BCUT2D eigenvalue weighted by atomic mass is 9.90. The fraction of sp³-hybridized carbons (Fsp3) is 0.333. The van der Waals surface area contributed by atoms with Crippen LogP contribution in [0.4, 0.5) is 0 Å². The van der Waals surface area contributed by atoms with E-state index in [1.807, 2.05) is 18.2 Å². The maximum atomic E-state index is 6.52. The highest BCUT2D eigenvalue weighted by atomic mass is 16.5. The lowest BCUT2D eigenvalue weighted by Gasteiger charge is -2.21. The molecular formula is C18H23NO2. The highest BCUT2D eigenvalue weighted by Crippen LogP contribution is 2.34. The lowest BCUT2D eigenvalue weighted by Crippen LogP contribution is -2.16. The van der Waals surface area contributed by atoms with Crippen molar-refractivity contribution in [2.24, 2.45) is 5.73 Å². The second kappa shape index (κ2) is 6.19. The monoisotopic (exact) mass is 285 g/mol. The zero-order valence-electron chi connectivity index (χ0n) is 13.4. The van der Waals surface area contributed by atoms with Crippen LogP contribution in [0.3, 0.4) is 0 Å². The zero-order valence-corrected chi connectivity index (χ0v) is 13.4. The summed E-state index contributed by atoms with van der Waals surface area (Å²) in [5.41, 5.74) is 12.3. The predicted molar refractivity (Wildman–Crippen MR) is 86.2 cm³/mol. The average molecular weight is 285 g/mol. The van der Waals surface area contributed by atoms with Crippen LogP contribution in [0.25, 0.3) is 0 Å². The van der Waals surface area contributed by atoms with Gasteiger partial charge < -0.3 is 15.2 Å². The summed E-state index contributed by atoms with van der Waals surface area (Å²) in [5, 5.41) is 0. The molecule has 3 heteroatoms. The van der Waals surface area contributed by atoms with Gasteiger partial charge in [0, 0.05) is 11.6 Å². The van der Waals surface area contributed by atoms with Crippen LogP contribution in [0.15, 0.2) is 30.3 Å². The molecule has 3 nitrogen and oxygen atoms in total. The molecule has 0 saturated carbocycles. The Hall–Kier alpha value is -2.00. The topological polar surface area (TPSA) is 44.5 Å². The summed E-state index contributed by atoms with van der Waals surface area (Å²) in [5.74, 6) is 1.52. The third kappa shape index (κ3) is 3.03. The molecule has 21 heavy (non-hydrogen) atoms. The van der Waals surface area contributed by atoms with E-state index in [0.29, 0.717) is 0 Å². The normalized spacial score (nSPS) is 12.1. The molecule has 1 unspecified atom stereocenters. The fourth-order valence-electron chi connectivity index (χ4n) is 2.91. The highest BCUT2D eigenvalue weighted by molar-refractivity contribution is 5.50. The quantitative estimate of drug-likeness (QED) is 0.932.